The minimum absolute atomic E-state index is 0.145. The molecule has 1 heterocycles. The van der Waals surface area contributed by atoms with Crippen molar-refractivity contribution in [2.75, 3.05) is 7.05 Å². The molecule has 0 saturated carbocycles. The van der Waals surface area contributed by atoms with Crippen molar-refractivity contribution in [3.05, 3.63) is 64.0 Å². The number of nitrogens with zero attached hydrogens (tertiary/aromatic N) is 2. The van der Waals surface area contributed by atoms with Crippen molar-refractivity contribution in [3.8, 4) is 0 Å². The summed E-state index contributed by atoms with van der Waals surface area (Å²) >= 11 is 0. The molecule has 1 atom stereocenters. The summed E-state index contributed by atoms with van der Waals surface area (Å²) in [5, 5.41) is 0. The zero-order chi connectivity index (χ0) is 19.1. The minimum atomic E-state index is -0.373. The van der Waals surface area contributed by atoms with Crippen molar-refractivity contribution in [2.45, 2.75) is 58.9 Å². The summed E-state index contributed by atoms with van der Waals surface area (Å²) < 4.78 is 14.1. The van der Waals surface area contributed by atoms with E-state index in [9.17, 15) is 4.39 Å². The maximum absolute atomic E-state index is 14.1. The van der Waals surface area contributed by atoms with E-state index < -0.39 is 0 Å². The molecule has 0 radical (unpaired) electrons. The Hall–Kier alpha value is -2.16. The number of fused-ring (bicyclic) bond motifs is 1. The van der Waals surface area contributed by atoms with Crippen LogP contribution in [-0.4, -0.2) is 18.3 Å². The Balaban J connectivity index is 2.25. The first kappa shape index (κ1) is 18.6. The summed E-state index contributed by atoms with van der Waals surface area (Å²) in [6.45, 7) is 10.5. The second kappa shape index (κ2) is 6.86. The van der Waals surface area contributed by atoms with Gasteiger partial charge in [-0.2, -0.15) is 0 Å². The van der Waals surface area contributed by atoms with Gasteiger partial charge in [0.25, 0.3) is 0 Å². The van der Waals surface area contributed by atoms with Crippen LogP contribution in [-0.2, 0) is 5.54 Å². The van der Waals surface area contributed by atoms with Crippen LogP contribution in [0.5, 0.6) is 0 Å². The predicted molar refractivity (Wildman–Crippen MR) is 108 cm³/mol. The molecule has 0 fully saturated rings. The normalized spacial score (nSPS) is 19.2. The van der Waals surface area contributed by atoms with Crippen molar-refractivity contribution < 1.29 is 4.39 Å². The van der Waals surface area contributed by atoms with Gasteiger partial charge in [0.05, 0.1) is 17.6 Å². The van der Waals surface area contributed by atoms with E-state index in [-0.39, 0.29) is 11.4 Å². The highest BCUT2D eigenvalue weighted by molar-refractivity contribution is 5.72. The zero-order valence-corrected chi connectivity index (χ0v) is 16.7. The molecule has 2 aromatic rings. The van der Waals surface area contributed by atoms with E-state index in [4.69, 9.17) is 0 Å². The summed E-state index contributed by atoms with van der Waals surface area (Å²) in [7, 11) is 2.05. The van der Waals surface area contributed by atoms with Crippen molar-refractivity contribution in [1.29, 1.82) is 0 Å². The molecule has 2 aromatic carbocycles. The largest absolute Gasteiger partial charge is 0.352 e. The van der Waals surface area contributed by atoms with Crippen LogP contribution in [0.1, 0.15) is 67.3 Å². The molecular weight excluding hydrogens is 323 g/mol. The van der Waals surface area contributed by atoms with E-state index in [1.807, 2.05) is 33.3 Å². The van der Waals surface area contributed by atoms with E-state index in [2.05, 4.69) is 48.9 Å². The number of halogens is 1. The van der Waals surface area contributed by atoms with E-state index >= 15 is 0 Å². The van der Waals surface area contributed by atoms with E-state index in [0.717, 1.165) is 29.7 Å². The second-order valence-electron chi connectivity index (χ2n) is 7.63. The summed E-state index contributed by atoms with van der Waals surface area (Å²) in [4.78, 5) is 6.79. The average Bonchev–Trinajstić information content (AvgIpc) is 2.62. The molecule has 3 heteroatoms. The fraction of sp³-hybridized carbons (Fsp3) is 0.435. The summed E-state index contributed by atoms with van der Waals surface area (Å²) in [6.07, 6.45) is 4.14. The highest BCUT2D eigenvalue weighted by Gasteiger charge is 2.38. The first-order valence-corrected chi connectivity index (χ1v) is 9.51. The lowest BCUT2D eigenvalue weighted by Crippen LogP contribution is -2.44. The van der Waals surface area contributed by atoms with Gasteiger partial charge < -0.3 is 4.90 Å². The van der Waals surface area contributed by atoms with E-state index in [1.54, 1.807) is 6.07 Å². The van der Waals surface area contributed by atoms with Gasteiger partial charge in [0, 0.05) is 12.6 Å². The standard InChI is InChI=1S/C23H29FN2/c1-7-17(8-2)18-9-10-22-20(13-18)23(5,26(6)14-25-22)19-11-16(4)21(24)12-15(19)3/h9-14,17H,7-8H2,1-6H3. The number of hydrogen-bond donors (Lipinski definition) is 0. The van der Waals surface area contributed by atoms with Gasteiger partial charge in [-0.3, -0.25) is 0 Å². The van der Waals surface area contributed by atoms with E-state index in [1.165, 1.54) is 11.1 Å². The van der Waals surface area contributed by atoms with Crippen LogP contribution in [0, 0.1) is 19.7 Å². The van der Waals surface area contributed by atoms with Gasteiger partial charge in [-0.1, -0.05) is 32.0 Å². The molecule has 0 N–H and O–H groups in total. The van der Waals surface area contributed by atoms with Gasteiger partial charge in [0.15, 0.2) is 0 Å². The molecule has 0 spiro atoms. The molecule has 2 nitrogen and oxygen atoms in total. The number of aliphatic imine (C=N–C) groups is 1. The van der Waals surface area contributed by atoms with Crippen LogP contribution in [0.4, 0.5) is 10.1 Å². The molecule has 0 bridgehead atoms. The predicted octanol–water partition coefficient (Wildman–Crippen LogP) is 6.21. The van der Waals surface area contributed by atoms with Crippen molar-refractivity contribution >= 4 is 12.0 Å². The molecule has 26 heavy (non-hydrogen) atoms. The van der Waals surface area contributed by atoms with Gasteiger partial charge in [0.1, 0.15) is 5.82 Å². The van der Waals surface area contributed by atoms with Crippen molar-refractivity contribution in [3.63, 3.8) is 0 Å². The molecule has 0 aliphatic carbocycles. The van der Waals surface area contributed by atoms with Crippen LogP contribution in [0.25, 0.3) is 0 Å². The Kier molecular flexibility index (Phi) is 4.92. The number of benzene rings is 2. The third-order valence-corrected chi connectivity index (χ3v) is 6.11. The van der Waals surface area contributed by atoms with Crippen molar-refractivity contribution in [1.82, 2.24) is 4.90 Å². The third kappa shape index (κ3) is 2.84. The molecule has 1 unspecified atom stereocenters. The third-order valence-electron chi connectivity index (χ3n) is 6.11. The van der Waals surface area contributed by atoms with Gasteiger partial charge >= 0.3 is 0 Å². The van der Waals surface area contributed by atoms with Gasteiger partial charge in [-0.15, -0.1) is 0 Å². The summed E-state index contributed by atoms with van der Waals surface area (Å²) in [5.41, 5.74) is 5.97. The first-order chi connectivity index (χ1) is 12.3. The smallest absolute Gasteiger partial charge is 0.126 e. The quantitative estimate of drug-likeness (QED) is 0.638. The molecular formula is C23H29FN2. The van der Waals surface area contributed by atoms with Gasteiger partial charge in [-0.25, -0.2) is 9.38 Å². The molecule has 1 aliphatic rings. The molecule has 138 valence electrons. The maximum Gasteiger partial charge on any atom is 0.126 e. The van der Waals surface area contributed by atoms with Gasteiger partial charge in [-0.05, 0) is 73.9 Å². The number of rotatable bonds is 4. The molecule has 0 saturated heterocycles. The molecule has 0 aromatic heterocycles. The maximum atomic E-state index is 14.1. The summed E-state index contributed by atoms with van der Waals surface area (Å²) in [5.74, 6) is 0.407. The Morgan fingerprint density at radius 1 is 1.04 bits per heavy atom. The number of hydrogen-bond acceptors (Lipinski definition) is 2. The monoisotopic (exact) mass is 352 g/mol. The molecule has 0 amide bonds. The SMILES string of the molecule is CCC(CC)c1ccc2c(c1)C(C)(c1cc(C)c(F)cc1C)N(C)C=N2. The lowest BCUT2D eigenvalue weighted by atomic mass is 9.77. The molecule has 1 aliphatic heterocycles. The van der Waals surface area contributed by atoms with E-state index in [0.29, 0.717) is 11.5 Å². The average molecular weight is 352 g/mol. The van der Waals surface area contributed by atoms with Crippen LogP contribution >= 0.6 is 0 Å². The van der Waals surface area contributed by atoms with Crippen LogP contribution in [0.15, 0.2) is 35.3 Å². The lowest BCUT2D eigenvalue weighted by molar-refractivity contribution is 0.290. The van der Waals surface area contributed by atoms with Crippen LogP contribution in [0.3, 0.4) is 0 Å². The lowest BCUT2D eigenvalue weighted by Gasteiger charge is -2.43. The molecule has 3 rings (SSSR count). The van der Waals surface area contributed by atoms with Crippen LogP contribution in [0.2, 0.25) is 0 Å². The Morgan fingerprint density at radius 3 is 2.38 bits per heavy atom. The van der Waals surface area contributed by atoms with Gasteiger partial charge in [0.2, 0.25) is 0 Å². The fourth-order valence-corrected chi connectivity index (χ4v) is 4.16. The first-order valence-electron chi connectivity index (χ1n) is 9.51. The van der Waals surface area contributed by atoms with Crippen molar-refractivity contribution in [2.24, 2.45) is 4.99 Å². The number of aryl methyl sites for hydroxylation is 2. The topological polar surface area (TPSA) is 15.6 Å². The highest BCUT2D eigenvalue weighted by atomic mass is 19.1. The zero-order valence-electron chi connectivity index (χ0n) is 16.7. The highest BCUT2D eigenvalue weighted by Crippen LogP contribution is 2.45. The minimum Gasteiger partial charge on any atom is -0.352 e. The Bertz CT molecular complexity index is 852. The summed E-state index contributed by atoms with van der Waals surface area (Å²) in [6, 6.07) is 10.3. The van der Waals surface area contributed by atoms with Crippen LogP contribution < -0.4 is 0 Å². The Labute approximate surface area is 156 Å². The Morgan fingerprint density at radius 2 is 1.73 bits per heavy atom. The second-order valence-corrected chi connectivity index (χ2v) is 7.63. The fourth-order valence-electron chi connectivity index (χ4n) is 4.16.